The van der Waals surface area contributed by atoms with Gasteiger partial charge in [-0.3, -0.25) is 0 Å². The summed E-state index contributed by atoms with van der Waals surface area (Å²) in [6, 6.07) is 7.19. The van der Waals surface area contributed by atoms with Crippen molar-refractivity contribution in [1.29, 1.82) is 5.26 Å². The van der Waals surface area contributed by atoms with E-state index in [4.69, 9.17) is 21.6 Å². The lowest BCUT2D eigenvalue weighted by atomic mass is 10.2. The minimum Gasteiger partial charge on any atom is -0.490 e. The van der Waals surface area contributed by atoms with Gasteiger partial charge >= 0.3 is 0 Å². The Morgan fingerprint density at radius 1 is 1.46 bits per heavy atom. The molecule has 2 nitrogen and oxygen atoms in total. The fraction of sp³-hybridized carbons (Fsp3) is 0.300. The lowest BCUT2D eigenvalue weighted by Crippen LogP contribution is -2.06. The summed E-state index contributed by atoms with van der Waals surface area (Å²) in [5.41, 5.74) is 0.401. The molecule has 0 heterocycles. The van der Waals surface area contributed by atoms with Gasteiger partial charge in [-0.1, -0.05) is 17.7 Å². The van der Waals surface area contributed by atoms with E-state index in [0.29, 0.717) is 16.3 Å². The van der Waals surface area contributed by atoms with Crippen LogP contribution in [0.2, 0.25) is 5.02 Å². The zero-order chi connectivity index (χ0) is 9.84. The first kappa shape index (κ1) is 9.88. The summed E-state index contributed by atoms with van der Waals surface area (Å²) in [4.78, 5) is 0. The molecule has 0 spiro atoms. The van der Waals surface area contributed by atoms with Crippen molar-refractivity contribution in [3.63, 3.8) is 0 Å². The number of hydrogen-bond acceptors (Lipinski definition) is 2. The fourth-order valence-corrected chi connectivity index (χ4v) is 1.17. The molecule has 0 saturated heterocycles. The lowest BCUT2D eigenvalue weighted by Gasteiger charge is -2.11. The molecule has 1 rings (SSSR count). The van der Waals surface area contributed by atoms with Crippen molar-refractivity contribution in [3.8, 4) is 11.8 Å². The summed E-state index contributed by atoms with van der Waals surface area (Å²) in [7, 11) is 0. The van der Waals surface area contributed by atoms with E-state index in [1.54, 1.807) is 18.2 Å². The highest BCUT2D eigenvalue weighted by atomic mass is 35.5. The maximum atomic E-state index is 8.80. The van der Waals surface area contributed by atoms with E-state index in [1.807, 2.05) is 19.9 Å². The van der Waals surface area contributed by atoms with Crippen LogP contribution in [0.1, 0.15) is 19.4 Å². The highest BCUT2D eigenvalue weighted by molar-refractivity contribution is 6.31. The monoisotopic (exact) mass is 195 g/mol. The van der Waals surface area contributed by atoms with E-state index < -0.39 is 0 Å². The molecule has 0 unspecified atom stereocenters. The molecule has 0 N–H and O–H groups in total. The van der Waals surface area contributed by atoms with Gasteiger partial charge in [0.15, 0.2) is 0 Å². The summed E-state index contributed by atoms with van der Waals surface area (Å²) < 4.78 is 5.41. The molecule has 0 bridgehead atoms. The van der Waals surface area contributed by atoms with Crippen LogP contribution in [-0.4, -0.2) is 6.10 Å². The molecule has 13 heavy (non-hydrogen) atoms. The zero-order valence-corrected chi connectivity index (χ0v) is 8.30. The van der Waals surface area contributed by atoms with E-state index >= 15 is 0 Å². The third-order valence-corrected chi connectivity index (χ3v) is 1.76. The van der Waals surface area contributed by atoms with Crippen LogP contribution in [0.5, 0.6) is 5.75 Å². The molecule has 0 aromatic heterocycles. The second-order valence-corrected chi connectivity index (χ2v) is 3.30. The average Bonchev–Trinajstić information content (AvgIpc) is 2.03. The predicted octanol–water partition coefficient (Wildman–Crippen LogP) is 3.00. The van der Waals surface area contributed by atoms with Gasteiger partial charge in [0.2, 0.25) is 0 Å². The average molecular weight is 196 g/mol. The molecule has 1 aromatic rings. The number of halogens is 1. The molecule has 0 amide bonds. The first-order valence-electron chi connectivity index (χ1n) is 4.00. The third kappa shape index (κ3) is 2.37. The van der Waals surface area contributed by atoms with Crippen LogP contribution in [0, 0.1) is 11.3 Å². The van der Waals surface area contributed by atoms with Gasteiger partial charge in [0, 0.05) is 0 Å². The van der Waals surface area contributed by atoms with Crippen LogP contribution < -0.4 is 4.74 Å². The summed E-state index contributed by atoms with van der Waals surface area (Å²) in [5, 5.41) is 9.23. The SMILES string of the molecule is CC(C)Oc1cccc(Cl)c1C#N. The first-order valence-corrected chi connectivity index (χ1v) is 4.38. The Balaban J connectivity index is 3.07. The van der Waals surface area contributed by atoms with Gasteiger partial charge in [-0.15, -0.1) is 0 Å². The second-order valence-electron chi connectivity index (χ2n) is 2.89. The Morgan fingerprint density at radius 2 is 2.15 bits per heavy atom. The van der Waals surface area contributed by atoms with Crippen molar-refractivity contribution in [2.24, 2.45) is 0 Å². The molecule has 68 valence electrons. The van der Waals surface area contributed by atoms with Crippen LogP contribution in [0.3, 0.4) is 0 Å². The van der Waals surface area contributed by atoms with Crippen molar-refractivity contribution in [3.05, 3.63) is 28.8 Å². The van der Waals surface area contributed by atoms with Crippen LogP contribution in [0.25, 0.3) is 0 Å². The van der Waals surface area contributed by atoms with Crippen LogP contribution >= 0.6 is 11.6 Å². The zero-order valence-electron chi connectivity index (χ0n) is 7.54. The molecule has 0 aliphatic heterocycles. The Hall–Kier alpha value is -1.20. The number of benzene rings is 1. The predicted molar refractivity (Wildman–Crippen MR) is 51.9 cm³/mol. The number of nitrogens with zero attached hydrogens (tertiary/aromatic N) is 1. The maximum Gasteiger partial charge on any atom is 0.138 e. The Labute approximate surface area is 82.7 Å². The molecular weight excluding hydrogens is 186 g/mol. The van der Waals surface area contributed by atoms with Gasteiger partial charge in [0.1, 0.15) is 17.4 Å². The van der Waals surface area contributed by atoms with E-state index in [9.17, 15) is 0 Å². The highest BCUT2D eigenvalue weighted by Crippen LogP contribution is 2.25. The topological polar surface area (TPSA) is 33.0 Å². The summed E-state index contributed by atoms with van der Waals surface area (Å²) >= 11 is 5.81. The van der Waals surface area contributed by atoms with Crippen LogP contribution in [0.4, 0.5) is 0 Å². The summed E-state index contributed by atoms with van der Waals surface area (Å²) in [6.45, 7) is 3.81. The molecule has 0 aliphatic rings. The van der Waals surface area contributed by atoms with Crippen LogP contribution in [0.15, 0.2) is 18.2 Å². The Morgan fingerprint density at radius 3 is 2.69 bits per heavy atom. The largest absolute Gasteiger partial charge is 0.490 e. The molecule has 0 atom stereocenters. The van der Waals surface area contributed by atoms with E-state index in [1.165, 1.54) is 0 Å². The molecule has 0 fully saturated rings. The molecule has 0 saturated carbocycles. The minimum absolute atomic E-state index is 0.0468. The fourth-order valence-electron chi connectivity index (χ4n) is 0.965. The molecule has 0 radical (unpaired) electrons. The quantitative estimate of drug-likeness (QED) is 0.727. The number of rotatable bonds is 2. The van der Waals surface area contributed by atoms with Gasteiger partial charge in [-0.25, -0.2) is 0 Å². The second kappa shape index (κ2) is 4.15. The highest BCUT2D eigenvalue weighted by Gasteiger charge is 2.07. The normalized spacial score (nSPS) is 9.77. The molecule has 0 aliphatic carbocycles. The van der Waals surface area contributed by atoms with Gasteiger partial charge in [-0.05, 0) is 26.0 Å². The minimum atomic E-state index is 0.0468. The summed E-state index contributed by atoms with van der Waals surface area (Å²) in [6.07, 6.45) is 0.0468. The summed E-state index contributed by atoms with van der Waals surface area (Å²) in [5.74, 6) is 0.546. The van der Waals surface area contributed by atoms with Gasteiger partial charge < -0.3 is 4.74 Å². The van der Waals surface area contributed by atoms with Crippen molar-refractivity contribution in [2.45, 2.75) is 20.0 Å². The van der Waals surface area contributed by atoms with Gasteiger partial charge in [0.25, 0.3) is 0 Å². The van der Waals surface area contributed by atoms with Crippen molar-refractivity contribution in [2.75, 3.05) is 0 Å². The van der Waals surface area contributed by atoms with E-state index in [-0.39, 0.29) is 6.10 Å². The van der Waals surface area contributed by atoms with Crippen molar-refractivity contribution < 1.29 is 4.74 Å². The first-order chi connectivity index (χ1) is 6.15. The third-order valence-electron chi connectivity index (χ3n) is 1.45. The Bertz CT molecular complexity index is 341. The molecule has 3 heteroatoms. The van der Waals surface area contributed by atoms with Crippen molar-refractivity contribution in [1.82, 2.24) is 0 Å². The smallest absolute Gasteiger partial charge is 0.138 e. The lowest BCUT2D eigenvalue weighted by molar-refractivity contribution is 0.242. The standard InChI is InChI=1S/C10H10ClNO/c1-7(2)13-10-5-3-4-9(11)8(10)6-12/h3-5,7H,1-2H3. The maximum absolute atomic E-state index is 8.80. The molecular formula is C10H10ClNO. The van der Waals surface area contributed by atoms with Crippen LogP contribution in [-0.2, 0) is 0 Å². The van der Waals surface area contributed by atoms with Gasteiger partial charge in [-0.2, -0.15) is 5.26 Å². The number of hydrogen-bond donors (Lipinski definition) is 0. The van der Waals surface area contributed by atoms with E-state index in [2.05, 4.69) is 0 Å². The number of nitriles is 1. The van der Waals surface area contributed by atoms with Crippen molar-refractivity contribution >= 4 is 11.6 Å². The van der Waals surface area contributed by atoms with E-state index in [0.717, 1.165) is 0 Å². The Kier molecular flexibility index (Phi) is 3.16. The molecule has 1 aromatic carbocycles. The van der Waals surface area contributed by atoms with Gasteiger partial charge in [0.05, 0.1) is 11.1 Å². The number of ether oxygens (including phenoxy) is 1.